The summed E-state index contributed by atoms with van der Waals surface area (Å²) in [6.07, 6.45) is 1.09. The van der Waals surface area contributed by atoms with Gasteiger partial charge in [-0.05, 0) is 13.8 Å². The van der Waals surface area contributed by atoms with E-state index in [1.165, 1.54) is 33.9 Å². The minimum Gasteiger partial charge on any atom is -0.481 e. The first-order valence-corrected chi connectivity index (χ1v) is 7.09. The van der Waals surface area contributed by atoms with Crippen molar-refractivity contribution in [3.63, 3.8) is 0 Å². The van der Waals surface area contributed by atoms with Gasteiger partial charge in [0.25, 0.3) is 11.5 Å². The van der Waals surface area contributed by atoms with E-state index >= 15 is 0 Å². The predicted molar refractivity (Wildman–Crippen MR) is 78.0 cm³/mol. The van der Waals surface area contributed by atoms with E-state index in [2.05, 4.69) is 4.98 Å². The van der Waals surface area contributed by atoms with Gasteiger partial charge in [-0.2, -0.15) is 0 Å². The number of carboxylic acids is 1. The molecule has 0 fully saturated rings. The van der Waals surface area contributed by atoms with Crippen molar-refractivity contribution in [1.29, 1.82) is 0 Å². The third-order valence-corrected chi connectivity index (χ3v) is 4.33. The van der Waals surface area contributed by atoms with Crippen molar-refractivity contribution in [1.82, 2.24) is 14.3 Å². The van der Waals surface area contributed by atoms with Crippen molar-refractivity contribution in [3.8, 4) is 0 Å². The Kier molecular flexibility index (Phi) is 4.08. The van der Waals surface area contributed by atoms with E-state index < -0.39 is 17.4 Å². The molecule has 0 spiro atoms. The van der Waals surface area contributed by atoms with Gasteiger partial charge in [0.1, 0.15) is 5.56 Å². The third-order valence-electron chi connectivity index (χ3n) is 3.26. The zero-order valence-electron chi connectivity index (χ0n) is 11.9. The summed E-state index contributed by atoms with van der Waals surface area (Å²) in [6.45, 7) is 3.72. The second kappa shape index (κ2) is 5.65. The fourth-order valence-corrected chi connectivity index (χ4v) is 2.82. The van der Waals surface area contributed by atoms with Crippen molar-refractivity contribution >= 4 is 28.2 Å². The molecule has 0 unspecified atom stereocenters. The lowest BCUT2D eigenvalue weighted by Gasteiger charge is -2.15. The van der Waals surface area contributed by atoms with Crippen LogP contribution in [0.4, 0.5) is 0 Å². The van der Waals surface area contributed by atoms with Gasteiger partial charge in [0.15, 0.2) is 4.96 Å². The number of hydrogen-bond acceptors (Lipinski definition) is 5. The van der Waals surface area contributed by atoms with Crippen LogP contribution in [0.5, 0.6) is 0 Å². The molecule has 8 heteroatoms. The Labute approximate surface area is 124 Å². The van der Waals surface area contributed by atoms with Gasteiger partial charge in [0.05, 0.1) is 6.42 Å². The lowest BCUT2D eigenvalue weighted by Crippen LogP contribution is -2.34. The van der Waals surface area contributed by atoms with Gasteiger partial charge in [-0.3, -0.25) is 18.8 Å². The van der Waals surface area contributed by atoms with Crippen LogP contribution in [0.1, 0.15) is 27.3 Å². The Morgan fingerprint density at radius 3 is 2.71 bits per heavy atom. The number of thiazole rings is 1. The molecule has 112 valence electrons. The normalized spacial score (nSPS) is 10.8. The van der Waals surface area contributed by atoms with Crippen molar-refractivity contribution < 1.29 is 14.7 Å². The predicted octanol–water partition coefficient (Wildman–Crippen LogP) is 0.920. The monoisotopic (exact) mass is 309 g/mol. The molecule has 0 radical (unpaired) electrons. The summed E-state index contributed by atoms with van der Waals surface area (Å²) in [5.74, 6) is -1.52. The van der Waals surface area contributed by atoms with Crippen LogP contribution in [-0.2, 0) is 4.79 Å². The summed E-state index contributed by atoms with van der Waals surface area (Å²) >= 11 is 1.39. The fourth-order valence-electron chi connectivity index (χ4n) is 1.89. The molecule has 1 amide bonds. The molecule has 2 aromatic rings. The smallest absolute Gasteiger partial charge is 0.305 e. The van der Waals surface area contributed by atoms with Gasteiger partial charge >= 0.3 is 5.97 Å². The molecule has 0 atom stereocenters. The minimum atomic E-state index is -0.996. The van der Waals surface area contributed by atoms with Crippen molar-refractivity contribution in [2.75, 3.05) is 13.6 Å². The number of carbonyl (C=O) groups excluding carboxylic acids is 1. The molecule has 0 aliphatic carbocycles. The number of aromatic nitrogens is 2. The Hall–Kier alpha value is -2.22. The first kappa shape index (κ1) is 15.2. The maximum absolute atomic E-state index is 12.4. The van der Waals surface area contributed by atoms with Gasteiger partial charge in [-0.25, -0.2) is 4.98 Å². The number of fused-ring (bicyclic) bond motifs is 1. The van der Waals surface area contributed by atoms with E-state index in [-0.39, 0.29) is 18.5 Å². The Morgan fingerprint density at radius 2 is 2.10 bits per heavy atom. The summed E-state index contributed by atoms with van der Waals surface area (Å²) in [5.41, 5.74) is 0.283. The van der Waals surface area contributed by atoms with Crippen LogP contribution in [0.3, 0.4) is 0 Å². The summed E-state index contributed by atoms with van der Waals surface area (Å²) < 4.78 is 1.41. The molecule has 0 aliphatic rings. The summed E-state index contributed by atoms with van der Waals surface area (Å²) in [4.78, 5) is 42.0. The first-order chi connectivity index (χ1) is 9.82. The molecule has 21 heavy (non-hydrogen) atoms. The van der Waals surface area contributed by atoms with E-state index in [0.29, 0.717) is 4.96 Å². The number of rotatable bonds is 4. The van der Waals surface area contributed by atoms with Crippen LogP contribution in [-0.4, -0.2) is 44.9 Å². The van der Waals surface area contributed by atoms with Crippen LogP contribution in [0.25, 0.3) is 4.96 Å². The number of hydrogen-bond donors (Lipinski definition) is 1. The first-order valence-electron chi connectivity index (χ1n) is 6.28. The van der Waals surface area contributed by atoms with Gasteiger partial charge in [-0.1, -0.05) is 0 Å². The number of aliphatic carboxylic acids is 1. The lowest BCUT2D eigenvalue weighted by molar-refractivity contribution is -0.137. The zero-order chi connectivity index (χ0) is 15.7. The molecule has 2 heterocycles. The highest BCUT2D eigenvalue weighted by atomic mass is 32.1. The number of carboxylic acid groups (broad SMARTS) is 1. The van der Waals surface area contributed by atoms with Crippen molar-refractivity contribution in [2.24, 2.45) is 0 Å². The highest BCUT2D eigenvalue weighted by Gasteiger charge is 2.19. The second-order valence-electron chi connectivity index (χ2n) is 4.71. The lowest BCUT2D eigenvalue weighted by atomic mass is 10.2. The van der Waals surface area contributed by atoms with Crippen LogP contribution < -0.4 is 5.56 Å². The fraction of sp³-hybridized carbons (Fsp3) is 0.385. The van der Waals surface area contributed by atoms with E-state index in [0.717, 1.165) is 10.6 Å². The third kappa shape index (κ3) is 2.80. The van der Waals surface area contributed by atoms with Crippen LogP contribution >= 0.6 is 11.3 Å². The highest BCUT2D eigenvalue weighted by Crippen LogP contribution is 2.18. The van der Waals surface area contributed by atoms with Crippen molar-refractivity contribution in [2.45, 2.75) is 20.3 Å². The molecule has 0 aliphatic heterocycles. The summed E-state index contributed by atoms with van der Waals surface area (Å²) in [5, 5.41) is 8.64. The molecule has 0 aromatic carbocycles. The topological polar surface area (TPSA) is 92.0 Å². The van der Waals surface area contributed by atoms with Crippen LogP contribution in [0.2, 0.25) is 0 Å². The van der Waals surface area contributed by atoms with Crippen LogP contribution in [0.15, 0.2) is 11.0 Å². The largest absolute Gasteiger partial charge is 0.481 e. The number of amides is 1. The molecule has 7 nitrogen and oxygen atoms in total. The number of aryl methyl sites for hydroxylation is 2. The SMILES string of the molecule is Cc1sc2ncc(C(=O)N(C)CCC(=O)O)c(=O)n2c1C. The average Bonchev–Trinajstić information content (AvgIpc) is 2.72. The van der Waals surface area contributed by atoms with E-state index in [9.17, 15) is 14.4 Å². The molecule has 0 saturated carbocycles. The maximum atomic E-state index is 12.4. The van der Waals surface area contributed by atoms with Gasteiger partial charge in [0.2, 0.25) is 0 Å². The number of nitrogens with zero attached hydrogens (tertiary/aromatic N) is 3. The Balaban J connectivity index is 2.40. The van der Waals surface area contributed by atoms with Gasteiger partial charge < -0.3 is 10.0 Å². The van der Waals surface area contributed by atoms with E-state index in [4.69, 9.17) is 5.11 Å². The molecular weight excluding hydrogens is 294 g/mol. The molecule has 0 bridgehead atoms. The van der Waals surface area contributed by atoms with E-state index in [1.54, 1.807) is 6.92 Å². The summed E-state index contributed by atoms with van der Waals surface area (Å²) in [7, 11) is 1.46. The highest BCUT2D eigenvalue weighted by molar-refractivity contribution is 7.17. The van der Waals surface area contributed by atoms with Gasteiger partial charge in [0, 0.05) is 30.4 Å². The Bertz CT molecular complexity index is 778. The van der Waals surface area contributed by atoms with E-state index in [1.807, 2.05) is 6.92 Å². The zero-order valence-corrected chi connectivity index (χ0v) is 12.7. The molecular formula is C13H15N3O4S. The quantitative estimate of drug-likeness (QED) is 0.906. The molecule has 2 rings (SSSR count). The Morgan fingerprint density at radius 1 is 1.43 bits per heavy atom. The van der Waals surface area contributed by atoms with Crippen molar-refractivity contribution in [3.05, 3.63) is 32.7 Å². The molecule has 1 N–H and O–H groups in total. The number of carbonyl (C=O) groups is 2. The van der Waals surface area contributed by atoms with Crippen LogP contribution in [0, 0.1) is 13.8 Å². The standard InChI is InChI=1S/C13H15N3O4S/c1-7-8(2)21-13-14-6-9(12(20)16(7)13)11(19)15(3)5-4-10(17)18/h6H,4-5H2,1-3H3,(H,17,18). The van der Waals surface area contributed by atoms with Gasteiger partial charge in [-0.15, -0.1) is 11.3 Å². The second-order valence-corrected chi connectivity index (χ2v) is 5.89. The minimum absolute atomic E-state index is 0.0396. The average molecular weight is 309 g/mol. The molecule has 0 saturated heterocycles. The summed E-state index contributed by atoms with van der Waals surface area (Å²) in [6, 6.07) is 0. The molecule has 2 aromatic heterocycles. The maximum Gasteiger partial charge on any atom is 0.305 e.